The summed E-state index contributed by atoms with van der Waals surface area (Å²) in [6.07, 6.45) is -3.54. The first-order valence-electron chi connectivity index (χ1n) is 9.40. The van der Waals surface area contributed by atoms with Crippen LogP contribution in [0.1, 0.15) is 27.0 Å². The summed E-state index contributed by atoms with van der Waals surface area (Å²) in [4.78, 5) is 12.1. The van der Waals surface area contributed by atoms with Crippen molar-refractivity contribution in [3.63, 3.8) is 0 Å². The lowest BCUT2D eigenvalue weighted by Gasteiger charge is -2.11. The Morgan fingerprint density at radius 2 is 1.21 bits per heavy atom. The first-order valence-corrected chi connectivity index (χ1v) is 9.40. The van der Waals surface area contributed by atoms with Gasteiger partial charge >= 0.3 is 12.1 Å². The molecule has 0 amide bonds. The van der Waals surface area contributed by atoms with E-state index in [0.717, 1.165) is 24.8 Å². The average Bonchev–Trinajstić information content (AvgIpc) is 2.77. The second-order valence-electron chi connectivity index (χ2n) is 6.89. The molecule has 0 aliphatic heterocycles. The molecule has 0 fully saturated rings. The zero-order chi connectivity index (χ0) is 24.3. The minimum Gasteiger partial charge on any atom is -0.491 e. The maximum Gasteiger partial charge on any atom is 0.416 e. The van der Waals surface area contributed by atoms with E-state index in [1.54, 1.807) is 0 Å². The Morgan fingerprint density at radius 3 is 1.64 bits per heavy atom. The average molecular weight is 472 g/mol. The predicted octanol–water partition coefficient (Wildman–Crippen LogP) is 6.27. The van der Waals surface area contributed by atoms with Crippen molar-refractivity contribution in [3.05, 3.63) is 94.1 Å². The zero-order valence-corrected chi connectivity index (χ0v) is 16.9. The van der Waals surface area contributed by atoms with Crippen LogP contribution in [-0.2, 0) is 19.0 Å². The predicted molar refractivity (Wildman–Crippen MR) is 103 cm³/mol. The molecule has 10 heteroatoms. The third-order valence-electron chi connectivity index (χ3n) is 4.75. The minimum absolute atomic E-state index is 0.145. The lowest BCUT2D eigenvalue weighted by atomic mass is 10.0. The highest BCUT2D eigenvalue weighted by atomic mass is 19.4. The molecule has 0 aromatic heterocycles. The first-order chi connectivity index (χ1) is 15.5. The van der Waals surface area contributed by atoms with Gasteiger partial charge in [0.1, 0.15) is 11.3 Å². The maximum absolute atomic E-state index is 14.0. The van der Waals surface area contributed by atoms with Crippen molar-refractivity contribution in [1.82, 2.24) is 0 Å². The number of carbonyl (C=O) groups excluding carboxylic acids is 1. The van der Waals surface area contributed by atoms with Crippen molar-refractivity contribution in [2.75, 3.05) is 7.11 Å². The topological polar surface area (TPSA) is 35.5 Å². The fraction of sp³-hybridized carbons (Fsp3) is 0.174. The monoisotopic (exact) mass is 472 g/mol. The van der Waals surface area contributed by atoms with E-state index in [0.29, 0.717) is 18.4 Å². The summed E-state index contributed by atoms with van der Waals surface area (Å²) in [5.41, 5.74) is -0.888. The molecule has 0 saturated heterocycles. The molecule has 3 nitrogen and oxygen atoms in total. The van der Waals surface area contributed by atoms with E-state index in [2.05, 4.69) is 4.74 Å². The Labute approximate surface area is 183 Å². The summed E-state index contributed by atoms with van der Waals surface area (Å²) in [7, 11) is 0.803. The number of aryl methyl sites for hydroxylation is 2. The number of methoxy groups -OCH3 is 1. The fourth-order valence-electron chi connectivity index (χ4n) is 3.00. The van der Waals surface area contributed by atoms with Gasteiger partial charge in [0.2, 0.25) is 11.6 Å². The molecule has 33 heavy (non-hydrogen) atoms. The number of alkyl halides is 3. The van der Waals surface area contributed by atoms with Crippen molar-refractivity contribution in [3.8, 4) is 11.5 Å². The van der Waals surface area contributed by atoms with Crippen molar-refractivity contribution >= 4 is 5.97 Å². The van der Waals surface area contributed by atoms with Gasteiger partial charge in [-0.15, -0.1) is 0 Å². The fourth-order valence-corrected chi connectivity index (χ4v) is 3.00. The van der Waals surface area contributed by atoms with E-state index in [1.165, 1.54) is 36.4 Å². The van der Waals surface area contributed by atoms with Gasteiger partial charge in [0.25, 0.3) is 0 Å². The van der Waals surface area contributed by atoms with Crippen LogP contribution in [0.2, 0.25) is 0 Å². The molecular formula is C23H15F7O3. The maximum atomic E-state index is 14.0. The van der Waals surface area contributed by atoms with Crippen LogP contribution in [-0.4, -0.2) is 13.1 Å². The van der Waals surface area contributed by atoms with Gasteiger partial charge in [-0.05, 0) is 48.2 Å². The highest BCUT2D eigenvalue weighted by molar-refractivity contribution is 5.92. The lowest BCUT2D eigenvalue weighted by Crippen LogP contribution is -2.16. The number of hydrogen-bond acceptors (Lipinski definition) is 3. The molecule has 0 aliphatic carbocycles. The molecular weight excluding hydrogens is 457 g/mol. The van der Waals surface area contributed by atoms with E-state index < -0.39 is 52.3 Å². The normalized spacial score (nSPS) is 11.4. The van der Waals surface area contributed by atoms with E-state index >= 15 is 0 Å². The Morgan fingerprint density at radius 1 is 0.758 bits per heavy atom. The third kappa shape index (κ3) is 5.27. The van der Waals surface area contributed by atoms with Crippen LogP contribution in [0.15, 0.2) is 48.5 Å². The Bertz CT molecular complexity index is 1130. The van der Waals surface area contributed by atoms with Crippen LogP contribution < -0.4 is 9.47 Å². The van der Waals surface area contributed by atoms with Crippen LogP contribution in [0.4, 0.5) is 30.7 Å². The number of esters is 1. The number of ether oxygens (including phenoxy) is 2. The Balaban J connectivity index is 1.67. The van der Waals surface area contributed by atoms with Gasteiger partial charge in [0, 0.05) is 0 Å². The highest BCUT2D eigenvalue weighted by Crippen LogP contribution is 2.31. The Hall–Kier alpha value is -3.56. The van der Waals surface area contributed by atoms with Crippen LogP contribution in [0, 0.1) is 23.3 Å². The Kier molecular flexibility index (Phi) is 6.95. The van der Waals surface area contributed by atoms with E-state index in [4.69, 9.17) is 4.74 Å². The third-order valence-corrected chi connectivity index (χ3v) is 4.75. The number of carbonyl (C=O) groups is 1. The van der Waals surface area contributed by atoms with Gasteiger partial charge in [-0.1, -0.05) is 24.3 Å². The van der Waals surface area contributed by atoms with Crippen molar-refractivity contribution in [2.24, 2.45) is 0 Å². The summed E-state index contributed by atoms with van der Waals surface area (Å²) < 4.78 is 103. The number of halogens is 7. The van der Waals surface area contributed by atoms with E-state index in [-0.39, 0.29) is 5.75 Å². The summed E-state index contributed by atoms with van der Waals surface area (Å²) in [6.45, 7) is 0. The van der Waals surface area contributed by atoms with Crippen molar-refractivity contribution in [1.29, 1.82) is 0 Å². The summed E-state index contributed by atoms with van der Waals surface area (Å²) in [6, 6.07) is 10.4. The molecule has 3 rings (SSSR count). The molecule has 0 saturated carbocycles. The minimum atomic E-state index is -4.42. The molecule has 0 heterocycles. The second-order valence-corrected chi connectivity index (χ2v) is 6.89. The van der Waals surface area contributed by atoms with Crippen LogP contribution >= 0.6 is 0 Å². The zero-order valence-electron chi connectivity index (χ0n) is 16.9. The number of benzene rings is 3. The summed E-state index contributed by atoms with van der Waals surface area (Å²) >= 11 is 0. The van der Waals surface area contributed by atoms with Crippen LogP contribution in [0.5, 0.6) is 11.5 Å². The SMILES string of the molecule is COc1c(F)c(F)c(C(=O)Oc2ccc(CCc3ccc(C(F)(F)F)cc3)cc2)c(F)c1F. The molecule has 0 atom stereocenters. The van der Waals surface area contributed by atoms with Crippen LogP contribution in [0.25, 0.3) is 0 Å². The largest absolute Gasteiger partial charge is 0.491 e. The molecule has 0 bridgehead atoms. The first kappa shape index (κ1) is 24.1. The molecule has 0 radical (unpaired) electrons. The number of rotatable bonds is 6. The highest BCUT2D eigenvalue weighted by Gasteiger charge is 2.31. The molecule has 0 unspecified atom stereocenters. The molecule has 3 aromatic carbocycles. The van der Waals surface area contributed by atoms with E-state index in [9.17, 15) is 35.5 Å². The van der Waals surface area contributed by atoms with Gasteiger partial charge in [-0.2, -0.15) is 22.0 Å². The molecule has 0 aliphatic rings. The van der Waals surface area contributed by atoms with E-state index in [1.807, 2.05) is 0 Å². The van der Waals surface area contributed by atoms with Crippen LogP contribution in [0.3, 0.4) is 0 Å². The standard InChI is InChI=1S/C23H15F7O3/c1-32-21-19(26)17(24)16(18(25)20(21)27)22(31)33-15-10-6-13(7-11-15)3-2-12-4-8-14(9-5-12)23(28,29)30/h4-11H,2-3H2,1H3. The summed E-state index contributed by atoms with van der Waals surface area (Å²) in [5, 5.41) is 0. The van der Waals surface area contributed by atoms with Gasteiger partial charge < -0.3 is 9.47 Å². The molecule has 3 aromatic rings. The van der Waals surface area contributed by atoms with Gasteiger partial charge in [0.15, 0.2) is 17.4 Å². The number of hydrogen-bond donors (Lipinski definition) is 0. The quantitative estimate of drug-likeness (QED) is 0.184. The lowest BCUT2D eigenvalue weighted by molar-refractivity contribution is -0.137. The second kappa shape index (κ2) is 9.51. The molecule has 0 N–H and O–H groups in total. The smallest absolute Gasteiger partial charge is 0.416 e. The molecule has 174 valence electrons. The van der Waals surface area contributed by atoms with Crippen molar-refractivity contribution < 1.29 is 45.0 Å². The van der Waals surface area contributed by atoms with Crippen molar-refractivity contribution in [2.45, 2.75) is 19.0 Å². The van der Waals surface area contributed by atoms with Gasteiger partial charge in [-0.25, -0.2) is 13.6 Å². The van der Waals surface area contributed by atoms with Gasteiger partial charge in [0.05, 0.1) is 12.7 Å². The van der Waals surface area contributed by atoms with Gasteiger partial charge in [-0.3, -0.25) is 0 Å². The molecule has 0 spiro atoms. The summed E-state index contributed by atoms with van der Waals surface area (Å²) in [5.74, 6) is -10.8.